The maximum atomic E-state index is 2.53. The number of hydrogen-bond donors (Lipinski definition) is 0. The van der Waals surface area contributed by atoms with Crippen molar-refractivity contribution in [1.29, 1.82) is 0 Å². The van der Waals surface area contributed by atoms with Gasteiger partial charge >= 0.3 is 0 Å². The van der Waals surface area contributed by atoms with Gasteiger partial charge in [0.2, 0.25) is 0 Å². The van der Waals surface area contributed by atoms with Gasteiger partial charge in [-0.2, -0.15) is 0 Å². The highest BCUT2D eigenvalue weighted by Gasteiger charge is 2.36. The van der Waals surface area contributed by atoms with Crippen LogP contribution in [0.2, 0.25) is 0 Å². The summed E-state index contributed by atoms with van der Waals surface area (Å²) in [6.07, 6.45) is 7.44. The van der Waals surface area contributed by atoms with Crippen LogP contribution < -0.4 is 0 Å². The van der Waals surface area contributed by atoms with Gasteiger partial charge in [0, 0.05) is 0 Å². The molecule has 19 heavy (non-hydrogen) atoms. The molecule has 0 saturated heterocycles. The van der Waals surface area contributed by atoms with Crippen LogP contribution in [0.5, 0.6) is 0 Å². The van der Waals surface area contributed by atoms with Crippen molar-refractivity contribution in [2.24, 2.45) is 47.3 Å². The molecule has 0 heteroatoms. The largest absolute Gasteiger partial charge is 0.0625 e. The monoisotopic (exact) mass is 264 g/mol. The first-order valence-corrected chi connectivity index (χ1v) is 8.88. The standard InChI is InChI=1S/C19H36/c1-12-7-14(3)16(5)18(9-12)11-19-10-13(2)8-15(4)17(19)6/h12-19H,7-11H2,1-6H3. The summed E-state index contributed by atoms with van der Waals surface area (Å²) in [6, 6.07) is 0. The van der Waals surface area contributed by atoms with Crippen molar-refractivity contribution in [2.45, 2.75) is 73.6 Å². The fourth-order valence-electron chi connectivity index (χ4n) is 5.29. The summed E-state index contributed by atoms with van der Waals surface area (Å²) in [7, 11) is 0. The fourth-order valence-corrected chi connectivity index (χ4v) is 5.29. The molecule has 0 aromatic rings. The third-order valence-electron chi connectivity index (χ3n) is 6.85. The second-order valence-electron chi connectivity index (χ2n) is 8.58. The first-order chi connectivity index (χ1) is 8.88. The third-order valence-corrected chi connectivity index (χ3v) is 6.85. The number of rotatable bonds is 2. The average Bonchev–Trinajstić information content (AvgIpc) is 2.31. The molecule has 8 atom stereocenters. The molecule has 2 fully saturated rings. The van der Waals surface area contributed by atoms with E-state index in [1.807, 2.05) is 0 Å². The molecule has 0 aromatic carbocycles. The van der Waals surface area contributed by atoms with Gasteiger partial charge in [0.25, 0.3) is 0 Å². The Bertz CT molecular complexity index is 254. The second kappa shape index (κ2) is 6.19. The molecule has 0 bridgehead atoms. The minimum Gasteiger partial charge on any atom is -0.0625 e. The molecule has 2 aliphatic rings. The van der Waals surface area contributed by atoms with Gasteiger partial charge in [-0.1, -0.05) is 41.5 Å². The zero-order valence-corrected chi connectivity index (χ0v) is 14.2. The van der Waals surface area contributed by atoms with E-state index in [1.165, 1.54) is 32.1 Å². The van der Waals surface area contributed by atoms with Crippen molar-refractivity contribution in [2.75, 3.05) is 0 Å². The van der Waals surface area contributed by atoms with E-state index in [0.29, 0.717) is 0 Å². The first-order valence-electron chi connectivity index (χ1n) is 8.88. The van der Waals surface area contributed by atoms with E-state index >= 15 is 0 Å². The van der Waals surface area contributed by atoms with E-state index in [-0.39, 0.29) is 0 Å². The molecule has 8 unspecified atom stereocenters. The molecule has 0 nitrogen and oxygen atoms in total. The normalized spacial score (nSPS) is 52.1. The Kier molecular flexibility index (Phi) is 5.01. The van der Waals surface area contributed by atoms with Gasteiger partial charge in [-0.15, -0.1) is 0 Å². The molecule has 2 rings (SSSR count). The summed E-state index contributed by atoms with van der Waals surface area (Å²) in [6.45, 7) is 15.0. The Morgan fingerprint density at radius 1 is 0.579 bits per heavy atom. The van der Waals surface area contributed by atoms with Crippen LogP contribution in [-0.2, 0) is 0 Å². The lowest BCUT2D eigenvalue weighted by atomic mass is 9.62. The quantitative estimate of drug-likeness (QED) is 0.572. The highest BCUT2D eigenvalue weighted by molar-refractivity contribution is 4.87. The summed E-state index contributed by atoms with van der Waals surface area (Å²) in [5.41, 5.74) is 0. The zero-order valence-electron chi connectivity index (χ0n) is 14.2. The SMILES string of the molecule is CC1CC(C)C(C)C(CC2CC(C)CC(C)C2C)C1. The van der Waals surface area contributed by atoms with E-state index in [2.05, 4.69) is 41.5 Å². The minimum atomic E-state index is 0.947. The van der Waals surface area contributed by atoms with E-state index in [1.54, 1.807) is 0 Å². The summed E-state index contributed by atoms with van der Waals surface area (Å²) < 4.78 is 0. The van der Waals surface area contributed by atoms with E-state index in [0.717, 1.165) is 47.3 Å². The van der Waals surface area contributed by atoms with Crippen LogP contribution in [0.25, 0.3) is 0 Å². The minimum absolute atomic E-state index is 0.947. The van der Waals surface area contributed by atoms with Gasteiger partial charge in [0.15, 0.2) is 0 Å². The van der Waals surface area contributed by atoms with Crippen LogP contribution in [0.3, 0.4) is 0 Å². The summed E-state index contributed by atoms with van der Waals surface area (Å²) >= 11 is 0. The lowest BCUT2D eigenvalue weighted by molar-refractivity contribution is 0.0642. The molecular formula is C19H36. The molecule has 0 N–H and O–H groups in total. The highest BCUT2D eigenvalue weighted by Crippen LogP contribution is 2.46. The fraction of sp³-hybridized carbons (Fsp3) is 1.00. The maximum absolute atomic E-state index is 2.53. The molecule has 0 heterocycles. The van der Waals surface area contributed by atoms with Gasteiger partial charge in [0.1, 0.15) is 0 Å². The molecule has 0 amide bonds. The highest BCUT2D eigenvalue weighted by atomic mass is 14.4. The van der Waals surface area contributed by atoms with Gasteiger partial charge < -0.3 is 0 Å². The van der Waals surface area contributed by atoms with Gasteiger partial charge in [-0.05, 0) is 79.4 Å². The van der Waals surface area contributed by atoms with E-state index in [4.69, 9.17) is 0 Å². The Labute approximate surface area is 121 Å². The van der Waals surface area contributed by atoms with Crippen molar-refractivity contribution in [3.63, 3.8) is 0 Å². The zero-order chi connectivity index (χ0) is 14.2. The van der Waals surface area contributed by atoms with Crippen molar-refractivity contribution < 1.29 is 0 Å². The molecule has 2 saturated carbocycles. The third kappa shape index (κ3) is 3.56. The second-order valence-corrected chi connectivity index (χ2v) is 8.58. The van der Waals surface area contributed by atoms with Crippen molar-refractivity contribution >= 4 is 0 Å². The summed E-state index contributed by atoms with van der Waals surface area (Å²) in [5.74, 6) is 7.74. The molecule has 0 aliphatic heterocycles. The van der Waals surface area contributed by atoms with E-state index in [9.17, 15) is 0 Å². The van der Waals surface area contributed by atoms with Crippen LogP contribution in [0.1, 0.15) is 73.6 Å². The lowest BCUT2D eigenvalue weighted by Gasteiger charge is -2.44. The molecular weight excluding hydrogens is 228 g/mol. The Morgan fingerprint density at radius 3 is 1.32 bits per heavy atom. The average molecular weight is 264 g/mol. The molecule has 112 valence electrons. The topological polar surface area (TPSA) is 0 Å². The van der Waals surface area contributed by atoms with E-state index < -0.39 is 0 Å². The van der Waals surface area contributed by atoms with Crippen LogP contribution >= 0.6 is 0 Å². The predicted molar refractivity (Wildman–Crippen MR) is 85.0 cm³/mol. The Morgan fingerprint density at radius 2 is 0.947 bits per heavy atom. The van der Waals surface area contributed by atoms with Gasteiger partial charge in [0.05, 0.1) is 0 Å². The van der Waals surface area contributed by atoms with Gasteiger partial charge in [-0.3, -0.25) is 0 Å². The van der Waals surface area contributed by atoms with Gasteiger partial charge in [-0.25, -0.2) is 0 Å². The van der Waals surface area contributed by atoms with Crippen molar-refractivity contribution in [3.8, 4) is 0 Å². The molecule has 0 spiro atoms. The van der Waals surface area contributed by atoms with Crippen molar-refractivity contribution in [1.82, 2.24) is 0 Å². The smallest absolute Gasteiger partial charge is 0.0381 e. The molecule has 2 aliphatic carbocycles. The number of hydrogen-bond acceptors (Lipinski definition) is 0. The molecule has 0 radical (unpaired) electrons. The summed E-state index contributed by atoms with van der Waals surface area (Å²) in [4.78, 5) is 0. The van der Waals surface area contributed by atoms with Crippen LogP contribution in [0.15, 0.2) is 0 Å². The predicted octanol–water partition coefficient (Wildman–Crippen LogP) is 6.01. The van der Waals surface area contributed by atoms with Crippen LogP contribution in [-0.4, -0.2) is 0 Å². The molecule has 0 aromatic heterocycles. The summed E-state index contributed by atoms with van der Waals surface area (Å²) in [5, 5.41) is 0. The maximum Gasteiger partial charge on any atom is -0.0381 e. The van der Waals surface area contributed by atoms with Crippen LogP contribution in [0.4, 0.5) is 0 Å². The Hall–Kier alpha value is 0. The van der Waals surface area contributed by atoms with Crippen LogP contribution in [0, 0.1) is 47.3 Å². The first kappa shape index (κ1) is 15.4. The lowest BCUT2D eigenvalue weighted by Crippen LogP contribution is -2.34. The Balaban J connectivity index is 1.98. The van der Waals surface area contributed by atoms with Crippen molar-refractivity contribution in [3.05, 3.63) is 0 Å².